The highest BCUT2D eigenvalue weighted by atomic mass is 35.6. The van der Waals surface area contributed by atoms with E-state index in [2.05, 4.69) is 0 Å². The number of halogens is 6. The van der Waals surface area contributed by atoms with Gasteiger partial charge in [-0.3, -0.25) is 0 Å². The maximum absolute atomic E-state index is 12.8. The Labute approximate surface area is 190 Å². The number of hydrazine groups is 1. The van der Waals surface area contributed by atoms with Gasteiger partial charge in [-0.1, -0.05) is 69.6 Å². The van der Waals surface area contributed by atoms with Crippen LogP contribution in [0, 0.1) is 0 Å². The number of fused-ring (bicyclic) bond motifs is 1. The van der Waals surface area contributed by atoms with Gasteiger partial charge in [-0.2, -0.15) is 0 Å². The van der Waals surface area contributed by atoms with Crippen LogP contribution in [0.25, 0.3) is 0 Å². The smallest absolute Gasteiger partial charge is 0.429 e. The maximum atomic E-state index is 12.8. The summed E-state index contributed by atoms with van der Waals surface area (Å²) in [6, 6.07) is -0.952. The van der Waals surface area contributed by atoms with Crippen LogP contribution in [-0.2, 0) is 14.2 Å². The number of hydrogen-bond donors (Lipinski definition) is 0. The van der Waals surface area contributed by atoms with Crippen molar-refractivity contribution in [3.63, 3.8) is 0 Å². The van der Waals surface area contributed by atoms with Gasteiger partial charge in [0, 0.05) is 0 Å². The molecule has 0 unspecified atom stereocenters. The minimum Gasteiger partial charge on any atom is -0.444 e. The molecule has 3 aliphatic heterocycles. The van der Waals surface area contributed by atoms with Crippen molar-refractivity contribution >= 4 is 81.8 Å². The summed E-state index contributed by atoms with van der Waals surface area (Å²) >= 11 is 34.0. The van der Waals surface area contributed by atoms with Crippen LogP contribution in [0.15, 0.2) is 11.1 Å². The molecule has 0 aromatic heterocycles. The zero-order valence-electron chi connectivity index (χ0n) is 14.0. The zero-order valence-corrected chi connectivity index (χ0v) is 18.6. The molecule has 5 rings (SSSR count). The fourth-order valence-corrected chi connectivity index (χ4v) is 4.50. The van der Waals surface area contributed by atoms with E-state index in [1.54, 1.807) is 0 Å². The fraction of sp³-hybridized carbons (Fsp3) is 0.733. The van der Waals surface area contributed by atoms with Crippen LogP contribution in [0.1, 0.15) is 19.3 Å². The molecule has 2 fully saturated rings. The molecule has 0 N–H and O–H groups in total. The molecule has 0 aromatic carbocycles. The number of carbonyl (C=O) groups excluding carboxylic acids is 2. The molecule has 5 aliphatic rings. The number of rotatable bonds is 2. The van der Waals surface area contributed by atoms with Gasteiger partial charge in [0.15, 0.2) is 0 Å². The lowest BCUT2D eigenvalue weighted by Gasteiger charge is -2.50. The standard InChI is InChI=1S/C15H14Cl6N2O5/c16-14(17,18)4-26-12(24)22-8-6-2-1-3-7(6)9(11-10(8)28-11)23(22)13(25)27-5-15(19,20)21/h8-11H,1-5H2/t8-,9+,10-,11-/m1/s1. The van der Waals surface area contributed by atoms with E-state index in [1.807, 2.05) is 0 Å². The number of amides is 2. The molecule has 3 heterocycles. The van der Waals surface area contributed by atoms with Gasteiger partial charge in [-0.05, 0) is 30.4 Å². The SMILES string of the molecule is O=C(OCC(Cl)(Cl)Cl)N1[C@@H]2C3=C(CCC3)[C@@H]([C@H]3O[C@@H]32)N1C(=O)OCC(Cl)(Cl)Cl. The minimum absolute atomic E-state index is 0.209. The second-order valence-electron chi connectivity index (χ2n) is 6.89. The Balaban J connectivity index is 1.61. The number of hydrogen-bond acceptors (Lipinski definition) is 5. The predicted octanol–water partition coefficient (Wildman–Crippen LogP) is 4.53. The molecule has 2 aliphatic carbocycles. The second-order valence-corrected chi connectivity index (χ2v) is 11.9. The van der Waals surface area contributed by atoms with E-state index >= 15 is 0 Å². The fourth-order valence-electron chi connectivity index (χ4n) is 4.17. The van der Waals surface area contributed by atoms with Crippen molar-refractivity contribution in [3.8, 4) is 0 Å². The van der Waals surface area contributed by atoms with E-state index in [0.29, 0.717) is 0 Å². The number of epoxide rings is 1. The van der Waals surface area contributed by atoms with Crippen molar-refractivity contribution in [1.29, 1.82) is 0 Å². The lowest BCUT2D eigenvalue weighted by molar-refractivity contribution is -0.0751. The van der Waals surface area contributed by atoms with Crippen LogP contribution in [0.5, 0.6) is 0 Å². The van der Waals surface area contributed by atoms with Gasteiger partial charge in [-0.25, -0.2) is 19.6 Å². The van der Waals surface area contributed by atoms with Gasteiger partial charge in [0.05, 0.1) is 0 Å². The molecule has 0 saturated carbocycles. The van der Waals surface area contributed by atoms with Crippen LogP contribution in [0.3, 0.4) is 0 Å². The largest absolute Gasteiger partial charge is 0.444 e. The van der Waals surface area contributed by atoms with Gasteiger partial charge in [0.1, 0.15) is 37.5 Å². The third-order valence-corrected chi connectivity index (χ3v) is 5.71. The molecule has 0 radical (unpaired) electrons. The van der Waals surface area contributed by atoms with Gasteiger partial charge in [0.25, 0.3) is 0 Å². The summed E-state index contributed by atoms with van der Waals surface area (Å²) in [5.41, 5.74) is 2.17. The number of ether oxygens (including phenoxy) is 3. The van der Waals surface area contributed by atoms with Crippen molar-refractivity contribution < 1.29 is 23.8 Å². The average Bonchev–Trinajstić information content (AvgIpc) is 3.24. The quantitative estimate of drug-likeness (QED) is 0.307. The topological polar surface area (TPSA) is 71.6 Å². The first-order valence-electron chi connectivity index (χ1n) is 8.40. The predicted molar refractivity (Wildman–Crippen MR) is 104 cm³/mol. The monoisotopic (exact) mass is 512 g/mol. The van der Waals surface area contributed by atoms with Crippen molar-refractivity contribution in [2.24, 2.45) is 0 Å². The van der Waals surface area contributed by atoms with Gasteiger partial charge < -0.3 is 14.2 Å². The highest BCUT2D eigenvalue weighted by Crippen LogP contribution is 2.54. The summed E-state index contributed by atoms with van der Waals surface area (Å²) in [7, 11) is 0. The molecule has 2 amide bonds. The normalized spacial score (nSPS) is 30.9. The summed E-state index contributed by atoms with van der Waals surface area (Å²) in [6.07, 6.45) is 0.450. The first kappa shape index (κ1) is 21.2. The Morgan fingerprint density at radius 1 is 0.857 bits per heavy atom. The van der Waals surface area contributed by atoms with E-state index < -0.39 is 45.1 Å². The van der Waals surface area contributed by atoms with Crippen LogP contribution in [-0.4, -0.2) is 67.3 Å². The summed E-state index contributed by atoms with van der Waals surface area (Å²) < 4.78 is 12.4. The van der Waals surface area contributed by atoms with Crippen molar-refractivity contribution in [2.45, 2.75) is 51.1 Å². The number of alkyl halides is 6. The molecule has 7 nitrogen and oxygen atoms in total. The summed E-state index contributed by atoms with van der Waals surface area (Å²) in [6.45, 7) is -0.968. The Kier molecular flexibility index (Phi) is 5.53. The third-order valence-electron chi connectivity index (χ3n) is 5.05. The molecule has 0 spiro atoms. The molecule has 13 heteroatoms. The van der Waals surface area contributed by atoms with Crippen molar-refractivity contribution in [1.82, 2.24) is 10.0 Å². The highest BCUT2D eigenvalue weighted by Gasteiger charge is 2.68. The molecule has 4 atom stereocenters. The first-order valence-corrected chi connectivity index (χ1v) is 10.7. The first-order chi connectivity index (χ1) is 13.0. The van der Waals surface area contributed by atoms with Gasteiger partial charge in [0.2, 0.25) is 7.59 Å². The minimum atomic E-state index is -1.79. The Morgan fingerprint density at radius 2 is 1.25 bits per heavy atom. The lowest BCUT2D eigenvalue weighted by Crippen LogP contribution is -2.69. The van der Waals surface area contributed by atoms with E-state index in [0.717, 1.165) is 30.4 Å². The summed E-state index contributed by atoms with van der Waals surface area (Å²) in [5.74, 6) is 0. The zero-order chi connectivity index (χ0) is 20.4. The average molecular weight is 515 g/mol. The Hall–Kier alpha value is -0.0200. The summed E-state index contributed by atoms with van der Waals surface area (Å²) in [4.78, 5) is 25.7. The summed E-state index contributed by atoms with van der Waals surface area (Å²) in [5, 5.41) is 2.36. The highest BCUT2D eigenvalue weighted by molar-refractivity contribution is 6.68. The number of nitrogens with zero attached hydrogens (tertiary/aromatic N) is 2. The van der Waals surface area contributed by atoms with E-state index in [4.69, 9.17) is 83.8 Å². The molecule has 2 saturated heterocycles. The molecule has 2 bridgehead atoms. The van der Waals surface area contributed by atoms with E-state index in [-0.39, 0.29) is 12.2 Å². The lowest BCUT2D eigenvalue weighted by atomic mass is 9.82. The molecular formula is C15H14Cl6N2O5. The molecule has 156 valence electrons. The van der Waals surface area contributed by atoms with Crippen LogP contribution >= 0.6 is 69.6 Å². The number of carbonyl (C=O) groups is 2. The second kappa shape index (κ2) is 7.29. The Morgan fingerprint density at radius 3 is 1.61 bits per heavy atom. The molecule has 0 aromatic rings. The van der Waals surface area contributed by atoms with Gasteiger partial charge >= 0.3 is 12.2 Å². The molecule has 28 heavy (non-hydrogen) atoms. The van der Waals surface area contributed by atoms with Crippen molar-refractivity contribution in [3.05, 3.63) is 11.1 Å². The van der Waals surface area contributed by atoms with Crippen LogP contribution < -0.4 is 0 Å². The van der Waals surface area contributed by atoms with Gasteiger partial charge in [-0.15, -0.1) is 0 Å². The molecular weight excluding hydrogens is 501 g/mol. The van der Waals surface area contributed by atoms with E-state index in [1.165, 1.54) is 10.0 Å². The van der Waals surface area contributed by atoms with Crippen LogP contribution in [0.2, 0.25) is 0 Å². The maximum Gasteiger partial charge on any atom is 0.429 e. The van der Waals surface area contributed by atoms with E-state index in [9.17, 15) is 9.59 Å². The van der Waals surface area contributed by atoms with Crippen molar-refractivity contribution in [2.75, 3.05) is 13.2 Å². The Bertz CT molecular complexity index is 677. The third kappa shape index (κ3) is 3.96. The van der Waals surface area contributed by atoms with Crippen LogP contribution in [0.4, 0.5) is 9.59 Å².